The van der Waals surface area contributed by atoms with E-state index in [1.54, 1.807) is 0 Å². The molecule has 0 aliphatic heterocycles. The quantitative estimate of drug-likeness (QED) is 0.298. The summed E-state index contributed by atoms with van der Waals surface area (Å²) in [6.07, 6.45) is 0. The molecule has 0 bridgehead atoms. The molecule has 0 saturated heterocycles. The van der Waals surface area contributed by atoms with Crippen LogP contribution in [0.5, 0.6) is 0 Å². The van der Waals surface area contributed by atoms with Crippen LogP contribution < -0.4 is 5.73 Å². The number of nitrogens with zero attached hydrogens (tertiary/aromatic N) is 1. The Kier molecular flexibility index (Phi) is 4.29. The summed E-state index contributed by atoms with van der Waals surface area (Å²) in [6, 6.07) is 42.6. The third-order valence-electron chi connectivity index (χ3n) is 6.13. The number of anilines is 1. The van der Waals surface area contributed by atoms with Crippen LogP contribution in [-0.4, -0.2) is 4.57 Å². The molecule has 152 valence electrons. The van der Waals surface area contributed by atoms with Gasteiger partial charge >= 0.3 is 0 Å². The van der Waals surface area contributed by atoms with Crippen LogP contribution in [0, 0.1) is 0 Å². The zero-order valence-corrected chi connectivity index (χ0v) is 17.6. The van der Waals surface area contributed by atoms with Crippen LogP contribution in [0.4, 0.5) is 5.69 Å². The van der Waals surface area contributed by atoms with Gasteiger partial charge < -0.3 is 10.3 Å². The summed E-state index contributed by atoms with van der Waals surface area (Å²) in [5.41, 5.74) is 15.3. The standard InChI is InChI=1S/C30H22N2/c31-23-16-17-25(21-9-3-1-4-10-21)27(20-23)22-15-18-30-28(19-22)26-13-7-8-14-29(26)32(30)24-11-5-2-6-12-24/h1-20H,31H2. The van der Waals surface area contributed by atoms with E-state index in [2.05, 4.69) is 114 Å². The molecule has 6 rings (SSSR count). The van der Waals surface area contributed by atoms with E-state index in [0.29, 0.717) is 0 Å². The maximum Gasteiger partial charge on any atom is 0.0541 e. The van der Waals surface area contributed by atoms with E-state index in [0.717, 1.165) is 11.3 Å². The van der Waals surface area contributed by atoms with E-state index in [-0.39, 0.29) is 0 Å². The Bertz CT molecular complexity index is 1560. The first kappa shape index (κ1) is 18.5. The maximum atomic E-state index is 6.22. The summed E-state index contributed by atoms with van der Waals surface area (Å²) in [6.45, 7) is 0. The number of nitrogens with two attached hydrogens (primary N) is 1. The van der Waals surface area contributed by atoms with Gasteiger partial charge in [-0.15, -0.1) is 0 Å². The summed E-state index contributed by atoms with van der Waals surface area (Å²) >= 11 is 0. The van der Waals surface area contributed by atoms with Gasteiger partial charge in [0.15, 0.2) is 0 Å². The molecule has 0 fully saturated rings. The molecule has 32 heavy (non-hydrogen) atoms. The zero-order valence-electron chi connectivity index (χ0n) is 17.6. The van der Waals surface area contributed by atoms with Gasteiger partial charge in [0.2, 0.25) is 0 Å². The van der Waals surface area contributed by atoms with Crippen molar-refractivity contribution in [2.75, 3.05) is 5.73 Å². The summed E-state index contributed by atoms with van der Waals surface area (Å²) < 4.78 is 2.34. The maximum absolute atomic E-state index is 6.22. The summed E-state index contributed by atoms with van der Waals surface area (Å²) in [7, 11) is 0. The molecule has 1 heterocycles. The Morgan fingerprint density at radius 2 is 1.16 bits per heavy atom. The van der Waals surface area contributed by atoms with E-state index in [1.165, 1.54) is 44.2 Å². The predicted octanol–water partition coefficient (Wildman–Crippen LogP) is 7.70. The number of nitrogen functional groups attached to an aromatic ring is 1. The largest absolute Gasteiger partial charge is 0.399 e. The molecular weight excluding hydrogens is 388 g/mol. The van der Waals surface area contributed by atoms with E-state index in [4.69, 9.17) is 5.73 Å². The fraction of sp³-hybridized carbons (Fsp3) is 0. The van der Waals surface area contributed by atoms with Crippen LogP contribution in [0.2, 0.25) is 0 Å². The molecule has 0 amide bonds. The highest BCUT2D eigenvalue weighted by molar-refractivity contribution is 6.10. The molecule has 1 aromatic heterocycles. The van der Waals surface area contributed by atoms with E-state index in [1.807, 2.05) is 12.1 Å². The Morgan fingerprint density at radius 1 is 0.469 bits per heavy atom. The predicted molar refractivity (Wildman–Crippen MR) is 136 cm³/mol. The highest BCUT2D eigenvalue weighted by Crippen LogP contribution is 2.38. The van der Waals surface area contributed by atoms with Gasteiger partial charge in [-0.1, -0.05) is 78.9 Å². The van der Waals surface area contributed by atoms with Gasteiger partial charge in [-0.05, 0) is 64.7 Å². The smallest absolute Gasteiger partial charge is 0.0541 e. The van der Waals surface area contributed by atoms with Crippen molar-refractivity contribution in [2.45, 2.75) is 0 Å². The summed E-state index contributed by atoms with van der Waals surface area (Å²) in [5.74, 6) is 0. The number of fused-ring (bicyclic) bond motifs is 3. The van der Waals surface area contributed by atoms with E-state index < -0.39 is 0 Å². The fourth-order valence-corrected chi connectivity index (χ4v) is 4.67. The molecule has 0 aliphatic carbocycles. The number of para-hydroxylation sites is 2. The molecular formula is C30H22N2. The molecule has 2 N–H and O–H groups in total. The molecule has 5 aromatic carbocycles. The molecule has 2 heteroatoms. The van der Waals surface area contributed by atoms with Crippen LogP contribution in [0.25, 0.3) is 49.7 Å². The zero-order chi connectivity index (χ0) is 21.5. The third-order valence-corrected chi connectivity index (χ3v) is 6.13. The molecule has 0 saturated carbocycles. The molecule has 0 unspecified atom stereocenters. The third kappa shape index (κ3) is 2.97. The number of aromatic nitrogens is 1. The van der Waals surface area contributed by atoms with Gasteiger partial charge in [0.1, 0.15) is 0 Å². The molecule has 0 aliphatic rings. The molecule has 6 aromatic rings. The van der Waals surface area contributed by atoms with Crippen molar-refractivity contribution in [2.24, 2.45) is 0 Å². The normalized spacial score (nSPS) is 11.2. The Morgan fingerprint density at radius 3 is 1.97 bits per heavy atom. The van der Waals surface area contributed by atoms with Gasteiger partial charge in [-0.25, -0.2) is 0 Å². The fourth-order valence-electron chi connectivity index (χ4n) is 4.67. The Hall–Kier alpha value is -4.30. The highest BCUT2D eigenvalue weighted by atomic mass is 15.0. The topological polar surface area (TPSA) is 30.9 Å². The lowest BCUT2D eigenvalue weighted by Gasteiger charge is -2.12. The molecule has 0 spiro atoms. The second-order valence-electron chi connectivity index (χ2n) is 8.09. The molecule has 2 nitrogen and oxygen atoms in total. The van der Waals surface area contributed by atoms with Crippen LogP contribution in [-0.2, 0) is 0 Å². The lowest BCUT2D eigenvalue weighted by Crippen LogP contribution is -1.93. The van der Waals surface area contributed by atoms with E-state index in [9.17, 15) is 0 Å². The first-order valence-corrected chi connectivity index (χ1v) is 10.8. The average Bonchev–Trinajstić information content (AvgIpc) is 3.19. The van der Waals surface area contributed by atoms with Crippen molar-refractivity contribution in [3.8, 4) is 27.9 Å². The lowest BCUT2D eigenvalue weighted by molar-refractivity contribution is 1.18. The molecule has 0 radical (unpaired) electrons. The Balaban J connectivity index is 1.63. The average molecular weight is 411 g/mol. The van der Waals surface area contributed by atoms with Gasteiger partial charge in [0.05, 0.1) is 11.0 Å². The first-order chi connectivity index (χ1) is 15.8. The van der Waals surface area contributed by atoms with Crippen LogP contribution >= 0.6 is 0 Å². The van der Waals surface area contributed by atoms with Crippen LogP contribution in [0.15, 0.2) is 121 Å². The number of hydrogen-bond donors (Lipinski definition) is 1. The van der Waals surface area contributed by atoms with Crippen molar-refractivity contribution < 1.29 is 0 Å². The van der Waals surface area contributed by atoms with Crippen molar-refractivity contribution >= 4 is 27.5 Å². The van der Waals surface area contributed by atoms with Crippen molar-refractivity contribution in [3.63, 3.8) is 0 Å². The second-order valence-corrected chi connectivity index (χ2v) is 8.09. The van der Waals surface area contributed by atoms with Gasteiger partial charge in [-0.3, -0.25) is 0 Å². The SMILES string of the molecule is Nc1ccc(-c2ccccc2)c(-c2ccc3c(c2)c2ccccc2n3-c2ccccc2)c1. The first-order valence-electron chi connectivity index (χ1n) is 10.8. The number of hydrogen-bond acceptors (Lipinski definition) is 1. The Labute approximate surface area is 187 Å². The summed E-state index contributed by atoms with van der Waals surface area (Å²) in [5, 5.41) is 2.49. The van der Waals surface area contributed by atoms with Crippen LogP contribution in [0.1, 0.15) is 0 Å². The van der Waals surface area contributed by atoms with Crippen molar-refractivity contribution in [1.82, 2.24) is 4.57 Å². The van der Waals surface area contributed by atoms with E-state index >= 15 is 0 Å². The van der Waals surface area contributed by atoms with Crippen molar-refractivity contribution in [1.29, 1.82) is 0 Å². The van der Waals surface area contributed by atoms with Gasteiger partial charge in [0, 0.05) is 22.1 Å². The monoisotopic (exact) mass is 410 g/mol. The van der Waals surface area contributed by atoms with Gasteiger partial charge in [-0.2, -0.15) is 0 Å². The number of rotatable bonds is 3. The summed E-state index contributed by atoms with van der Waals surface area (Å²) in [4.78, 5) is 0. The van der Waals surface area contributed by atoms with Gasteiger partial charge in [0.25, 0.3) is 0 Å². The lowest BCUT2D eigenvalue weighted by atomic mass is 9.93. The minimum atomic E-state index is 0.770. The van der Waals surface area contributed by atoms with Crippen LogP contribution in [0.3, 0.4) is 0 Å². The van der Waals surface area contributed by atoms with Crippen molar-refractivity contribution in [3.05, 3.63) is 121 Å². The highest BCUT2D eigenvalue weighted by Gasteiger charge is 2.14. The minimum Gasteiger partial charge on any atom is -0.399 e. The minimum absolute atomic E-state index is 0.770. The molecule has 0 atom stereocenters. The number of benzene rings is 5. The second kappa shape index (κ2) is 7.44.